The second-order valence-electron chi connectivity index (χ2n) is 2.52. The van der Waals surface area contributed by atoms with Crippen molar-refractivity contribution in [3.05, 3.63) is 33.2 Å². The van der Waals surface area contributed by atoms with Gasteiger partial charge < -0.3 is 4.98 Å². The SMILES string of the molecule is N#Cc1cc(=O)c(C(=O)Cl)c(C(F)F)[nH]1. The largest absolute Gasteiger partial charge is 0.345 e. The molecular weight excluding hydrogens is 230 g/mol. The lowest BCUT2D eigenvalue weighted by atomic mass is 10.2. The van der Waals surface area contributed by atoms with E-state index in [-0.39, 0.29) is 5.69 Å². The van der Waals surface area contributed by atoms with Crippen LogP contribution in [-0.2, 0) is 0 Å². The maximum Gasteiger partial charge on any atom is 0.279 e. The van der Waals surface area contributed by atoms with E-state index in [1.165, 1.54) is 6.07 Å². The highest BCUT2D eigenvalue weighted by Gasteiger charge is 2.21. The van der Waals surface area contributed by atoms with Crippen molar-refractivity contribution in [2.45, 2.75) is 6.43 Å². The molecule has 0 aliphatic heterocycles. The number of hydrogen-bond acceptors (Lipinski definition) is 3. The predicted molar refractivity (Wildman–Crippen MR) is 46.9 cm³/mol. The summed E-state index contributed by atoms with van der Waals surface area (Å²) in [6, 6.07) is 2.22. The maximum absolute atomic E-state index is 12.4. The summed E-state index contributed by atoms with van der Waals surface area (Å²) in [4.78, 5) is 23.8. The van der Waals surface area contributed by atoms with E-state index in [2.05, 4.69) is 0 Å². The van der Waals surface area contributed by atoms with Gasteiger partial charge in [0, 0.05) is 6.07 Å². The van der Waals surface area contributed by atoms with E-state index in [1.807, 2.05) is 4.98 Å². The molecule has 0 unspecified atom stereocenters. The van der Waals surface area contributed by atoms with Gasteiger partial charge in [-0.2, -0.15) is 5.26 Å². The molecule has 0 radical (unpaired) electrons. The Balaban J connectivity index is 3.59. The Labute approximate surface area is 87.1 Å². The summed E-state index contributed by atoms with van der Waals surface area (Å²) >= 11 is 4.98. The van der Waals surface area contributed by atoms with Crippen molar-refractivity contribution in [1.29, 1.82) is 5.26 Å². The van der Waals surface area contributed by atoms with Crippen molar-refractivity contribution >= 4 is 16.8 Å². The number of nitriles is 1. The average Bonchev–Trinajstić information content (AvgIpc) is 2.15. The number of rotatable bonds is 2. The van der Waals surface area contributed by atoms with E-state index in [0.29, 0.717) is 0 Å². The van der Waals surface area contributed by atoms with Gasteiger partial charge in [-0.3, -0.25) is 9.59 Å². The lowest BCUT2D eigenvalue weighted by Gasteiger charge is -2.04. The van der Waals surface area contributed by atoms with Crippen molar-refractivity contribution in [2.75, 3.05) is 0 Å². The zero-order chi connectivity index (χ0) is 11.6. The molecule has 0 amide bonds. The predicted octanol–water partition coefficient (Wildman–Crippen LogP) is 1.56. The van der Waals surface area contributed by atoms with Gasteiger partial charge in [-0.25, -0.2) is 8.78 Å². The Morgan fingerprint density at radius 3 is 2.60 bits per heavy atom. The zero-order valence-corrected chi connectivity index (χ0v) is 7.81. The molecule has 1 aromatic heterocycles. The summed E-state index contributed by atoms with van der Waals surface area (Å²) in [5, 5.41) is 7.13. The van der Waals surface area contributed by atoms with E-state index in [1.54, 1.807) is 0 Å². The summed E-state index contributed by atoms with van der Waals surface area (Å²) in [6.07, 6.45) is -3.08. The summed E-state index contributed by atoms with van der Waals surface area (Å²) in [6.45, 7) is 0. The van der Waals surface area contributed by atoms with Gasteiger partial charge in [0.1, 0.15) is 17.3 Å². The van der Waals surface area contributed by atoms with Crippen LogP contribution in [0.2, 0.25) is 0 Å². The molecule has 1 rings (SSSR count). The highest BCUT2D eigenvalue weighted by Crippen LogP contribution is 2.19. The minimum Gasteiger partial charge on any atom is -0.345 e. The van der Waals surface area contributed by atoms with Gasteiger partial charge in [-0.05, 0) is 11.6 Å². The third kappa shape index (κ3) is 2.19. The van der Waals surface area contributed by atoms with Gasteiger partial charge in [-0.15, -0.1) is 0 Å². The van der Waals surface area contributed by atoms with Crippen LogP contribution in [0.15, 0.2) is 10.9 Å². The van der Waals surface area contributed by atoms with Crippen LogP contribution in [0.4, 0.5) is 8.78 Å². The summed E-state index contributed by atoms with van der Waals surface area (Å²) < 4.78 is 24.8. The summed E-state index contributed by atoms with van der Waals surface area (Å²) in [5.74, 6) is 0. The molecule has 0 saturated heterocycles. The second-order valence-corrected chi connectivity index (χ2v) is 2.87. The van der Waals surface area contributed by atoms with Crippen LogP contribution in [0.3, 0.4) is 0 Å². The fourth-order valence-corrected chi connectivity index (χ4v) is 1.20. The van der Waals surface area contributed by atoms with Crippen LogP contribution < -0.4 is 5.43 Å². The molecule has 15 heavy (non-hydrogen) atoms. The van der Waals surface area contributed by atoms with Gasteiger partial charge >= 0.3 is 0 Å². The molecule has 4 nitrogen and oxygen atoms in total. The van der Waals surface area contributed by atoms with Crippen molar-refractivity contribution in [2.24, 2.45) is 0 Å². The fraction of sp³-hybridized carbons (Fsp3) is 0.125. The van der Waals surface area contributed by atoms with Crippen LogP contribution in [0.1, 0.15) is 28.2 Å². The Hall–Kier alpha value is -1.74. The Bertz CT molecular complexity index is 504. The van der Waals surface area contributed by atoms with Crippen LogP contribution in [0, 0.1) is 11.3 Å². The molecule has 1 N–H and O–H groups in total. The molecule has 0 aliphatic carbocycles. The Kier molecular flexibility index (Phi) is 3.17. The molecule has 0 atom stereocenters. The molecule has 0 spiro atoms. The smallest absolute Gasteiger partial charge is 0.279 e. The molecule has 0 fully saturated rings. The highest BCUT2D eigenvalue weighted by atomic mass is 35.5. The number of carbonyl (C=O) groups excluding carboxylic acids is 1. The third-order valence-electron chi connectivity index (χ3n) is 1.60. The fourth-order valence-electron chi connectivity index (χ4n) is 1.01. The molecule has 0 saturated carbocycles. The molecular formula is C8H3ClF2N2O2. The van der Waals surface area contributed by atoms with Crippen LogP contribution in [0.5, 0.6) is 0 Å². The van der Waals surface area contributed by atoms with Gasteiger partial charge in [-0.1, -0.05) is 0 Å². The van der Waals surface area contributed by atoms with E-state index in [0.717, 1.165) is 6.07 Å². The minimum atomic E-state index is -3.08. The first-order valence-corrected chi connectivity index (χ1v) is 4.00. The lowest BCUT2D eigenvalue weighted by Crippen LogP contribution is -2.17. The van der Waals surface area contributed by atoms with Crippen molar-refractivity contribution in [1.82, 2.24) is 4.98 Å². The molecule has 0 aliphatic rings. The normalized spacial score (nSPS) is 10.1. The van der Waals surface area contributed by atoms with E-state index in [9.17, 15) is 18.4 Å². The monoisotopic (exact) mass is 232 g/mol. The second kappa shape index (κ2) is 4.19. The highest BCUT2D eigenvalue weighted by molar-refractivity contribution is 6.67. The first-order valence-electron chi connectivity index (χ1n) is 3.62. The van der Waals surface area contributed by atoms with Gasteiger partial charge in [0.25, 0.3) is 11.7 Å². The number of nitrogens with zero attached hydrogens (tertiary/aromatic N) is 1. The number of aromatic nitrogens is 1. The van der Waals surface area contributed by atoms with Crippen molar-refractivity contribution in [3.63, 3.8) is 0 Å². The van der Waals surface area contributed by atoms with Gasteiger partial charge in [0.05, 0.1) is 5.69 Å². The number of aromatic amines is 1. The first kappa shape index (κ1) is 11.3. The number of carbonyl (C=O) groups is 1. The maximum atomic E-state index is 12.4. The number of halogens is 3. The van der Waals surface area contributed by atoms with Crippen LogP contribution >= 0.6 is 11.6 Å². The number of pyridine rings is 1. The molecule has 1 aromatic rings. The molecule has 78 valence electrons. The topological polar surface area (TPSA) is 73.7 Å². The standard InChI is InChI=1S/C8H3ClF2N2O2/c9-7(15)5-4(14)1-3(2-12)13-6(5)8(10)11/h1,8H,(H,13,14). The van der Waals surface area contributed by atoms with Crippen LogP contribution in [-0.4, -0.2) is 10.2 Å². The first-order chi connectivity index (χ1) is 6.97. The lowest BCUT2D eigenvalue weighted by molar-refractivity contribution is 0.106. The third-order valence-corrected chi connectivity index (χ3v) is 1.78. The Morgan fingerprint density at radius 2 is 2.20 bits per heavy atom. The number of nitrogens with one attached hydrogen (secondary N) is 1. The van der Waals surface area contributed by atoms with E-state index in [4.69, 9.17) is 16.9 Å². The quantitative estimate of drug-likeness (QED) is 0.787. The van der Waals surface area contributed by atoms with Crippen molar-refractivity contribution < 1.29 is 13.6 Å². The molecule has 1 heterocycles. The zero-order valence-electron chi connectivity index (χ0n) is 7.05. The Morgan fingerprint density at radius 1 is 1.60 bits per heavy atom. The van der Waals surface area contributed by atoms with Crippen LogP contribution in [0.25, 0.3) is 0 Å². The number of alkyl halides is 2. The average molecular weight is 233 g/mol. The number of hydrogen-bond donors (Lipinski definition) is 1. The minimum absolute atomic E-state index is 0.350. The number of H-pyrrole nitrogens is 1. The molecule has 0 bridgehead atoms. The summed E-state index contributed by atoms with van der Waals surface area (Å²) in [5.41, 5.74) is -3.11. The summed E-state index contributed by atoms with van der Waals surface area (Å²) in [7, 11) is 0. The van der Waals surface area contributed by atoms with E-state index < -0.39 is 28.4 Å². The van der Waals surface area contributed by atoms with Crippen molar-refractivity contribution in [3.8, 4) is 6.07 Å². The van der Waals surface area contributed by atoms with Gasteiger partial charge in [0.2, 0.25) is 0 Å². The van der Waals surface area contributed by atoms with E-state index >= 15 is 0 Å². The van der Waals surface area contributed by atoms with Gasteiger partial charge in [0.15, 0.2) is 5.43 Å². The molecule has 0 aromatic carbocycles. The molecule has 7 heteroatoms.